The first-order valence-electron chi connectivity index (χ1n) is 8.92. The molecule has 142 valence electrons. The van der Waals surface area contributed by atoms with Crippen molar-refractivity contribution in [2.45, 2.75) is 12.8 Å². The molecule has 0 spiro atoms. The van der Waals surface area contributed by atoms with Gasteiger partial charge in [0.15, 0.2) is 0 Å². The lowest BCUT2D eigenvalue weighted by atomic mass is 9.93. The van der Waals surface area contributed by atoms with E-state index in [0.717, 1.165) is 52.1 Å². The number of hydrogen-bond acceptors (Lipinski definition) is 3. The fraction of sp³-hybridized carbons (Fsp3) is 0.136. The SMILES string of the molecule is CS(=O)(=O)Nc1cccc(/C=C2/c3ccc(Cl)cc3CCc3ncccc32)c1. The summed E-state index contributed by atoms with van der Waals surface area (Å²) in [6.45, 7) is 0. The van der Waals surface area contributed by atoms with Crippen LogP contribution in [0.25, 0.3) is 11.6 Å². The molecule has 1 aliphatic carbocycles. The summed E-state index contributed by atoms with van der Waals surface area (Å²) in [6, 6.07) is 17.3. The van der Waals surface area contributed by atoms with Crippen LogP contribution in [0, 0.1) is 0 Å². The fourth-order valence-corrected chi connectivity index (χ4v) is 4.29. The van der Waals surface area contributed by atoms with Crippen molar-refractivity contribution in [1.82, 2.24) is 4.98 Å². The molecule has 1 N–H and O–H groups in total. The first-order valence-corrected chi connectivity index (χ1v) is 11.2. The molecule has 0 amide bonds. The number of sulfonamides is 1. The zero-order valence-electron chi connectivity index (χ0n) is 15.3. The quantitative estimate of drug-likeness (QED) is 0.675. The van der Waals surface area contributed by atoms with Gasteiger partial charge in [0.05, 0.1) is 6.26 Å². The molecular weight excluding hydrogens is 392 g/mol. The molecule has 3 aromatic rings. The normalized spacial score (nSPS) is 14.9. The largest absolute Gasteiger partial charge is 0.284 e. The Hall–Kier alpha value is -2.63. The number of aryl methyl sites for hydroxylation is 2. The lowest BCUT2D eigenvalue weighted by Gasteiger charge is -2.12. The summed E-state index contributed by atoms with van der Waals surface area (Å²) in [7, 11) is -3.33. The summed E-state index contributed by atoms with van der Waals surface area (Å²) in [5.74, 6) is 0. The number of hydrogen-bond donors (Lipinski definition) is 1. The van der Waals surface area contributed by atoms with E-state index in [1.807, 2.05) is 48.7 Å². The standard InChI is InChI=1S/C22H19ClN2O2S/c1-28(26,27)25-18-5-2-4-15(12-18)13-21-19-9-8-17(23)14-16(19)7-10-22-20(21)6-3-11-24-22/h2-6,8-9,11-14,25H,7,10H2,1H3/b21-13-. The van der Waals surface area contributed by atoms with Gasteiger partial charge < -0.3 is 0 Å². The number of nitrogens with zero attached hydrogens (tertiary/aromatic N) is 1. The van der Waals surface area contributed by atoms with Gasteiger partial charge in [-0.15, -0.1) is 0 Å². The second-order valence-corrected chi connectivity index (χ2v) is 9.04. The molecule has 2 aromatic carbocycles. The summed E-state index contributed by atoms with van der Waals surface area (Å²) in [6.07, 6.45) is 6.75. The lowest BCUT2D eigenvalue weighted by molar-refractivity contribution is 0.607. The van der Waals surface area contributed by atoms with Crippen LogP contribution in [0.5, 0.6) is 0 Å². The van der Waals surface area contributed by atoms with Crippen molar-refractivity contribution in [3.05, 3.63) is 93.8 Å². The average Bonchev–Trinajstić information content (AvgIpc) is 2.78. The summed E-state index contributed by atoms with van der Waals surface area (Å²) in [4.78, 5) is 4.58. The van der Waals surface area contributed by atoms with Crippen LogP contribution < -0.4 is 4.72 Å². The molecular formula is C22H19ClN2O2S. The zero-order chi connectivity index (χ0) is 19.7. The Morgan fingerprint density at radius 3 is 2.71 bits per heavy atom. The first-order chi connectivity index (χ1) is 13.4. The van der Waals surface area contributed by atoms with Gasteiger partial charge in [0, 0.05) is 28.2 Å². The van der Waals surface area contributed by atoms with Gasteiger partial charge in [0.2, 0.25) is 10.0 Å². The molecule has 28 heavy (non-hydrogen) atoms. The molecule has 0 saturated heterocycles. The monoisotopic (exact) mass is 410 g/mol. The van der Waals surface area contributed by atoms with Gasteiger partial charge in [0.25, 0.3) is 0 Å². The maximum Gasteiger partial charge on any atom is 0.229 e. The molecule has 0 aliphatic heterocycles. The molecule has 0 radical (unpaired) electrons. The van der Waals surface area contributed by atoms with E-state index in [0.29, 0.717) is 5.69 Å². The molecule has 1 heterocycles. The Balaban J connectivity index is 1.88. The molecule has 0 unspecified atom stereocenters. The van der Waals surface area contributed by atoms with Crippen molar-refractivity contribution in [2.24, 2.45) is 0 Å². The van der Waals surface area contributed by atoms with Crippen molar-refractivity contribution < 1.29 is 8.42 Å². The van der Waals surface area contributed by atoms with E-state index in [1.165, 1.54) is 5.56 Å². The molecule has 0 bridgehead atoms. The number of halogens is 1. The number of rotatable bonds is 3. The number of benzene rings is 2. The number of nitrogens with one attached hydrogen (secondary N) is 1. The Morgan fingerprint density at radius 1 is 1.04 bits per heavy atom. The molecule has 6 heteroatoms. The minimum Gasteiger partial charge on any atom is -0.284 e. The van der Waals surface area contributed by atoms with E-state index in [9.17, 15) is 8.42 Å². The van der Waals surface area contributed by atoms with E-state index < -0.39 is 10.0 Å². The van der Waals surface area contributed by atoms with Crippen molar-refractivity contribution >= 4 is 39.0 Å². The Morgan fingerprint density at radius 2 is 1.89 bits per heavy atom. The van der Waals surface area contributed by atoms with Crippen LogP contribution in [0.1, 0.15) is 27.9 Å². The van der Waals surface area contributed by atoms with Crippen LogP contribution in [-0.2, 0) is 22.9 Å². The van der Waals surface area contributed by atoms with Crippen molar-refractivity contribution in [2.75, 3.05) is 11.0 Å². The molecule has 4 rings (SSSR count). The predicted octanol–water partition coefficient (Wildman–Crippen LogP) is 4.79. The summed E-state index contributed by atoms with van der Waals surface area (Å²) in [5.41, 5.74) is 6.94. The number of fused-ring (bicyclic) bond motifs is 2. The summed E-state index contributed by atoms with van der Waals surface area (Å²) in [5, 5.41) is 0.719. The van der Waals surface area contributed by atoms with Gasteiger partial charge in [-0.2, -0.15) is 0 Å². The molecule has 1 aromatic heterocycles. The van der Waals surface area contributed by atoms with E-state index in [2.05, 4.69) is 21.8 Å². The van der Waals surface area contributed by atoms with Crippen molar-refractivity contribution in [3.63, 3.8) is 0 Å². The molecule has 4 nitrogen and oxygen atoms in total. The highest BCUT2D eigenvalue weighted by molar-refractivity contribution is 7.92. The first kappa shape index (κ1) is 18.7. The second kappa shape index (κ2) is 7.41. The number of anilines is 1. The predicted molar refractivity (Wildman–Crippen MR) is 115 cm³/mol. The Labute approximate surface area is 170 Å². The summed E-state index contributed by atoms with van der Waals surface area (Å²) < 4.78 is 25.6. The van der Waals surface area contributed by atoms with Crippen LogP contribution in [0.2, 0.25) is 5.02 Å². The van der Waals surface area contributed by atoms with Gasteiger partial charge in [-0.1, -0.05) is 35.9 Å². The Bertz CT molecular complexity index is 1190. The minimum atomic E-state index is -3.33. The van der Waals surface area contributed by atoms with Crippen LogP contribution >= 0.6 is 11.6 Å². The van der Waals surface area contributed by atoms with Gasteiger partial charge in [-0.25, -0.2) is 8.42 Å². The van der Waals surface area contributed by atoms with Gasteiger partial charge in [0.1, 0.15) is 0 Å². The highest BCUT2D eigenvalue weighted by Crippen LogP contribution is 2.35. The highest BCUT2D eigenvalue weighted by Gasteiger charge is 2.19. The molecule has 0 fully saturated rings. The average molecular weight is 411 g/mol. The lowest BCUT2D eigenvalue weighted by Crippen LogP contribution is -2.09. The minimum absolute atomic E-state index is 0.535. The topological polar surface area (TPSA) is 59.1 Å². The van der Waals surface area contributed by atoms with E-state index in [1.54, 1.807) is 6.07 Å². The smallest absolute Gasteiger partial charge is 0.229 e. The third-order valence-electron chi connectivity index (χ3n) is 4.67. The van der Waals surface area contributed by atoms with E-state index in [4.69, 9.17) is 11.6 Å². The van der Waals surface area contributed by atoms with Gasteiger partial charge in [-0.05, 0) is 71.5 Å². The van der Waals surface area contributed by atoms with E-state index in [-0.39, 0.29) is 0 Å². The fourth-order valence-electron chi connectivity index (χ4n) is 3.54. The van der Waals surface area contributed by atoms with Crippen LogP contribution in [0.4, 0.5) is 5.69 Å². The van der Waals surface area contributed by atoms with Crippen LogP contribution in [0.3, 0.4) is 0 Å². The van der Waals surface area contributed by atoms with Gasteiger partial charge >= 0.3 is 0 Å². The van der Waals surface area contributed by atoms with Crippen LogP contribution in [0.15, 0.2) is 60.8 Å². The maximum absolute atomic E-state index is 11.6. The molecule has 0 atom stereocenters. The third-order valence-corrected chi connectivity index (χ3v) is 5.51. The maximum atomic E-state index is 11.6. The summed E-state index contributed by atoms with van der Waals surface area (Å²) >= 11 is 6.23. The van der Waals surface area contributed by atoms with Crippen molar-refractivity contribution in [1.29, 1.82) is 0 Å². The molecule has 1 aliphatic rings. The second-order valence-electron chi connectivity index (χ2n) is 6.86. The molecule has 0 saturated carbocycles. The zero-order valence-corrected chi connectivity index (χ0v) is 16.9. The van der Waals surface area contributed by atoms with Gasteiger partial charge in [-0.3, -0.25) is 9.71 Å². The number of aromatic nitrogens is 1. The van der Waals surface area contributed by atoms with E-state index >= 15 is 0 Å². The Kier molecular flexibility index (Phi) is 4.96. The van der Waals surface area contributed by atoms with Crippen LogP contribution in [-0.4, -0.2) is 19.7 Å². The number of pyridine rings is 1. The highest BCUT2D eigenvalue weighted by atomic mass is 35.5. The third kappa shape index (κ3) is 4.11. The van der Waals surface area contributed by atoms with Crippen molar-refractivity contribution in [3.8, 4) is 0 Å².